The topological polar surface area (TPSA) is 17.1 Å². The van der Waals surface area contributed by atoms with Gasteiger partial charge in [-0.1, -0.05) is 60.3 Å². The molecular weight excluding hydrogens is 533 g/mol. The van der Waals surface area contributed by atoms with Crippen LogP contribution in [0.3, 0.4) is 0 Å². The molecule has 0 N–H and O–H groups in total. The second-order valence-electron chi connectivity index (χ2n) is 9.05. The van der Waals surface area contributed by atoms with Crippen LogP contribution in [0, 0.1) is 0 Å². The van der Waals surface area contributed by atoms with Gasteiger partial charge in [0.25, 0.3) is 0 Å². The average molecular weight is 559 g/mol. The molecule has 0 amide bonds. The number of rotatable bonds is 7. The summed E-state index contributed by atoms with van der Waals surface area (Å²) in [5, 5.41) is 0. The lowest BCUT2D eigenvalue weighted by atomic mass is 10.0. The minimum atomic E-state index is -4.40. The fourth-order valence-electron chi connectivity index (χ4n) is 4.36. The zero-order valence-corrected chi connectivity index (χ0v) is 22.7. The third-order valence-corrected chi connectivity index (χ3v) is 11.2. The van der Waals surface area contributed by atoms with Crippen molar-refractivity contribution < 1.29 is 18.0 Å². The van der Waals surface area contributed by atoms with E-state index in [0.29, 0.717) is 11.1 Å². The van der Waals surface area contributed by atoms with E-state index in [2.05, 4.69) is 42.7 Å². The van der Waals surface area contributed by atoms with Crippen LogP contribution in [0.4, 0.5) is 13.2 Å². The summed E-state index contributed by atoms with van der Waals surface area (Å²) in [5.41, 5.74) is 0.495. The van der Waals surface area contributed by atoms with E-state index < -0.39 is 21.8 Å². The largest absolute Gasteiger partial charge is 0.416 e. The summed E-state index contributed by atoms with van der Waals surface area (Å²) in [6, 6.07) is 40.3. The third kappa shape index (κ3) is 5.82. The average Bonchev–Trinajstić information content (AvgIpc) is 2.97. The highest BCUT2D eigenvalue weighted by molar-refractivity contribution is 8.33. The Morgan fingerprint density at radius 3 is 1.49 bits per heavy atom. The standard InChI is InChI=1S/C33H25F3OS2/c1-39(30-20-14-26(15-21-30)33(34,35)36,31-22-16-28(17-23-31)38-27-10-6-3-7-11-27)29-18-12-25(13-19-29)32(37)24-8-4-2-5-9-24/h2-23H,1H3. The Balaban J connectivity index is 1.53. The Bertz CT molecular complexity index is 1550. The van der Waals surface area contributed by atoms with Gasteiger partial charge in [0.05, 0.1) is 5.56 Å². The Morgan fingerprint density at radius 2 is 0.974 bits per heavy atom. The summed E-state index contributed by atoms with van der Waals surface area (Å²) in [6.07, 6.45) is -2.32. The van der Waals surface area contributed by atoms with Crippen LogP contribution >= 0.6 is 21.8 Å². The molecule has 0 spiro atoms. The zero-order valence-electron chi connectivity index (χ0n) is 21.1. The van der Waals surface area contributed by atoms with Crippen LogP contribution in [0.5, 0.6) is 0 Å². The molecule has 0 bridgehead atoms. The molecule has 0 aliphatic carbocycles. The van der Waals surface area contributed by atoms with Crippen LogP contribution in [0.25, 0.3) is 0 Å². The van der Waals surface area contributed by atoms with E-state index in [0.717, 1.165) is 36.6 Å². The lowest BCUT2D eigenvalue weighted by molar-refractivity contribution is -0.137. The molecule has 1 atom stereocenters. The minimum absolute atomic E-state index is 0.0735. The van der Waals surface area contributed by atoms with Crippen molar-refractivity contribution >= 4 is 27.6 Å². The number of halogens is 3. The summed E-state index contributed by atoms with van der Waals surface area (Å²) >= 11 is 1.65. The number of hydrogen-bond donors (Lipinski definition) is 0. The minimum Gasteiger partial charge on any atom is -0.289 e. The molecule has 0 aliphatic rings. The summed E-state index contributed by atoms with van der Waals surface area (Å²) in [6.45, 7) is 0. The molecule has 0 saturated heterocycles. The Morgan fingerprint density at radius 1 is 0.564 bits per heavy atom. The first kappa shape index (κ1) is 26.9. The molecule has 0 radical (unpaired) electrons. The zero-order chi connectivity index (χ0) is 27.5. The van der Waals surface area contributed by atoms with Gasteiger partial charge in [0, 0.05) is 20.9 Å². The molecule has 1 unspecified atom stereocenters. The monoisotopic (exact) mass is 558 g/mol. The van der Waals surface area contributed by atoms with Crippen molar-refractivity contribution in [3.8, 4) is 0 Å². The van der Waals surface area contributed by atoms with E-state index in [1.807, 2.05) is 48.5 Å². The number of ketones is 1. The van der Waals surface area contributed by atoms with Crippen molar-refractivity contribution in [3.05, 3.63) is 150 Å². The van der Waals surface area contributed by atoms with Gasteiger partial charge in [-0.05, 0) is 106 Å². The highest BCUT2D eigenvalue weighted by atomic mass is 32.3. The van der Waals surface area contributed by atoms with E-state index in [9.17, 15) is 18.0 Å². The summed E-state index contributed by atoms with van der Waals surface area (Å²) in [7, 11) is -1.92. The van der Waals surface area contributed by atoms with Crippen LogP contribution in [0.1, 0.15) is 21.5 Å². The maximum atomic E-state index is 13.3. The molecule has 6 heteroatoms. The smallest absolute Gasteiger partial charge is 0.289 e. The molecular formula is C33H25F3OS2. The van der Waals surface area contributed by atoms with Gasteiger partial charge in [0.2, 0.25) is 0 Å². The molecule has 0 aliphatic heterocycles. The Labute approximate surface area is 232 Å². The van der Waals surface area contributed by atoms with Gasteiger partial charge in [-0.25, -0.2) is 0 Å². The van der Waals surface area contributed by atoms with Crippen LogP contribution in [-0.4, -0.2) is 12.0 Å². The second kappa shape index (κ2) is 11.2. The molecule has 39 heavy (non-hydrogen) atoms. The van der Waals surface area contributed by atoms with Gasteiger partial charge < -0.3 is 0 Å². The molecule has 0 aromatic heterocycles. The molecule has 5 aromatic carbocycles. The van der Waals surface area contributed by atoms with Crippen molar-refractivity contribution in [2.24, 2.45) is 0 Å². The quantitative estimate of drug-likeness (QED) is 0.185. The van der Waals surface area contributed by atoms with Gasteiger partial charge in [-0.2, -0.15) is 23.2 Å². The van der Waals surface area contributed by atoms with E-state index in [1.54, 1.807) is 48.2 Å². The fourth-order valence-corrected chi connectivity index (χ4v) is 8.06. The maximum Gasteiger partial charge on any atom is 0.416 e. The van der Waals surface area contributed by atoms with Gasteiger partial charge >= 0.3 is 6.18 Å². The van der Waals surface area contributed by atoms with Gasteiger partial charge in [-0.15, -0.1) is 0 Å². The molecule has 0 saturated carbocycles. The second-order valence-corrected chi connectivity index (χ2v) is 13.4. The van der Waals surface area contributed by atoms with Gasteiger partial charge in [0.1, 0.15) is 0 Å². The van der Waals surface area contributed by atoms with Crippen LogP contribution in [0.2, 0.25) is 0 Å². The van der Waals surface area contributed by atoms with Crippen molar-refractivity contribution in [2.45, 2.75) is 30.7 Å². The summed E-state index contributed by atoms with van der Waals surface area (Å²) < 4.78 is 40.0. The van der Waals surface area contributed by atoms with Crippen molar-refractivity contribution in [2.75, 3.05) is 6.26 Å². The highest BCUT2D eigenvalue weighted by Crippen LogP contribution is 2.65. The van der Waals surface area contributed by atoms with Crippen LogP contribution < -0.4 is 0 Å². The molecule has 0 heterocycles. The number of alkyl halides is 3. The third-order valence-electron chi connectivity index (χ3n) is 6.55. The highest BCUT2D eigenvalue weighted by Gasteiger charge is 2.32. The predicted molar refractivity (Wildman–Crippen MR) is 153 cm³/mol. The fraction of sp³-hybridized carbons (Fsp3) is 0.0606. The number of benzene rings is 5. The molecule has 1 nitrogen and oxygen atoms in total. The molecule has 5 aromatic rings. The van der Waals surface area contributed by atoms with E-state index in [1.165, 1.54) is 0 Å². The normalized spacial score (nSPS) is 13.8. The van der Waals surface area contributed by atoms with Crippen LogP contribution in [-0.2, 0) is 6.18 Å². The predicted octanol–water partition coefficient (Wildman–Crippen LogP) is 10.00. The molecule has 0 fully saturated rings. The van der Waals surface area contributed by atoms with Crippen molar-refractivity contribution in [1.29, 1.82) is 0 Å². The number of hydrogen-bond acceptors (Lipinski definition) is 2. The van der Waals surface area contributed by atoms with Crippen molar-refractivity contribution in [1.82, 2.24) is 0 Å². The summed E-state index contributed by atoms with van der Waals surface area (Å²) in [5.74, 6) is -0.0735. The Kier molecular flexibility index (Phi) is 7.69. The molecule has 196 valence electrons. The lowest BCUT2D eigenvalue weighted by Gasteiger charge is -2.38. The first-order valence-electron chi connectivity index (χ1n) is 12.2. The first-order valence-corrected chi connectivity index (χ1v) is 15.1. The summed E-state index contributed by atoms with van der Waals surface area (Å²) in [4.78, 5) is 17.9. The van der Waals surface area contributed by atoms with E-state index in [4.69, 9.17) is 0 Å². The van der Waals surface area contributed by atoms with Crippen LogP contribution in [0.15, 0.2) is 158 Å². The van der Waals surface area contributed by atoms with Gasteiger partial charge in [0.15, 0.2) is 5.78 Å². The van der Waals surface area contributed by atoms with Gasteiger partial charge in [-0.3, -0.25) is 4.79 Å². The maximum absolute atomic E-state index is 13.3. The number of carbonyl (C=O) groups excluding carboxylic acids is 1. The molecule has 5 rings (SSSR count). The van der Waals surface area contributed by atoms with Crippen molar-refractivity contribution in [3.63, 3.8) is 0 Å². The van der Waals surface area contributed by atoms with E-state index in [-0.39, 0.29) is 5.78 Å². The van der Waals surface area contributed by atoms with E-state index >= 15 is 0 Å². The Hall–Kier alpha value is -3.74. The number of carbonyl (C=O) groups is 1. The SMILES string of the molecule is CS(c1ccc(Sc2ccccc2)cc1)(c1ccc(C(=O)c2ccccc2)cc1)c1ccc(C(F)(F)F)cc1. The first-order chi connectivity index (χ1) is 18.7. The lowest BCUT2D eigenvalue weighted by Crippen LogP contribution is -2.07.